The van der Waals surface area contributed by atoms with Crippen LogP contribution in [0.5, 0.6) is 11.6 Å². The number of nitrogen functional groups attached to an aromatic ring is 1. The lowest BCUT2D eigenvalue weighted by atomic mass is 10.1. The summed E-state index contributed by atoms with van der Waals surface area (Å²) in [5.41, 5.74) is 7.70. The van der Waals surface area contributed by atoms with Gasteiger partial charge in [-0.3, -0.25) is 0 Å². The molecule has 0 bridgehead atoms. The number of hydrogen-bond acceptors (Lipinski definition) is 6. The van der Waals surface area contributed by atoms with E-state index in [0.29, 0.717) is 12.5 Å². The van der Waals surface area contributed by atoms with E-state index in [1.807, 2.05) is 12.1 Å². The number of hydrogen-bond donors (Lipinski definition) is 1. The molecule has 0 saturated carbocycles. The molecule has 2 N–H and O–H groups in total. The van der Waals surface area contributed by atoms with Gasteiger partial charge < -0.3 is 15.2 Å². The number of unbranched alkanes of at least 4 members (excludes halogenated alkanes) is 2. The van der Waals surface area contributed by atoms with Crippen LogP contribution in [0.4, 0.5) is 5.95 Å². The summed E-state index contributed by atoms with van der Waals surface area (Å²) in [6.45, 7) is 2.75. The van der Waals surface area contributed by atoms with E-state index in [9.17, 15) is 0 Å². The first-order valence-corrected chi connectivity index (χ1v) is 8.47. The summed E-state index contributed by atoms with van der Waals surface area (Å²) >= 11 is 0. The van der Waals surface area contributed by atoms with Crippen LogP contribution in [0.15, 0.2) is 24.3 Å². The number of rotatable bonds is 10. The average Bonchev–Trinajstić information content (AvgIpc) is 2.61. The number of benzene rings is 1. The van der Waals surface area contributed by atoms with Gasteiger partial charge >= 0.3 is 0 Å². The van der Waals surface area contributed by atoms with Crippen molar-refractivity contribution >= 4 is 5.95 Å². The molecule has 0 fully saturated rings. The van der Waals surface area contributed by atoms with E-state index in [-0.39, 0.29) is 5.95 Å². The predicted octanol–water partition coefficient (Wildman–Crippen LogP) is 3.21. The third kappa shape index (κ3) is 5.68. The van der Waals surface area contributed by atoms with Gasteiger partial charge in [-0.1, -0.05) is 31.9 Å². The number of aryl methyl sites for hydroxylation is 2. The molecule has 0 spiro atoms. The molecule has 0 atom stereocenters. The minimum absolute atomic E-state index is 0.201. The quantitative estimate of drug-likeness (QED) is 0.674. The SMILES string of the molecule is CCCCCc1nc(N)nnc1OCCCc1ccc(OC)cc1. The number of nitrogens with zero attached hydrogens (tertiary/aromatic N) is 3. The van der Waals surface area contributed by atoms with Crippen LogP contribution in [-0.4, -0.2) is 28.9 Å². The predicted molar refractivity (Wildman–Crippen MR) is 94.3 cm³/mol. The Balaban J connectivity index is 1.82. The molecule has 6 heteroatoms. The van der Waals surface area contributed by atoms with Gasteiger partial charge in [0.2, 0.25) is 5.95 Å². The summed E-state index contributed by atoms with van der Waals surface area (Å²) in [6.07, 6.45) is 6.02. The Morgan fingerprint density at radius 2 is 1.79 bits per heavy atom. The van der Waals surface area contributed by atoms with E-state index in [1.165, 1.54) is 5.56 Å². The zero-order valence-electron chi connectivity index (χ0n) is 14.5. The van der Waals surface area contributed by atoms with Crippen molar-refractivity contribution < 1.29 is 9.47 Å². The maximum absolute atomic E-state index is 5.77. The Labute approximate surface area is 143 Å². The molecular formula is C18H26N4O2. The molecule has 0 unspecified atom stereocenters. The second kappa shape index (κ2) is 9.70. The van der Waals surface area contributed by atoms with E-state index >= 15 is 0 Å². The van der Waals surface area contributed by atoms with Gasteiger partial charge in [0.1, 0.15) is 11.4 Å². The van der Waals surface area contributed by atoms with Gasteiger partial charge in [-0.15, -0.1) is 10.2 Å². The molecule has 0 aliphatic rings. The van der Waals surface area contributed by atoms with Gasteiger partial charge in [0.15, 0.2) is 0 Å². The van der Waals surface area contributed by atoms with Crippen molar-refractivity contribution in [2.45, 2.75) is 45.4 Å². The highest BCUT2D eigenvalue weighted by atomic mass is 16.5. The molecule has 0 radical (unpaired) electrons. The lowest BCUT2D eigenvalue weighted by molar-refractivity contribution is 0.290. The summed E-state index contributed by atoms with van der Waals surface area (Å²) in [5.74, 6) is 1.58. The topological polar surface area (TPSA) is 83.2 Å². The van der Waals surface area contributed by atoms with Gasteiger partial charge in [-0.25, -0.2) is 4.98 Å². The number of methoxy groups -OCH3 is 1. The molecule has 6 nitrogen and oxygen atoms in total. The molecule has 24 heavy (non-hydrogen) atoms. The number of anilines is 1. The summed E-state index contributed by atoms with van der Waals surface area (Å²) < 4.78 is 10.9. The van der Waals surface area contributed by atoms with E-state index < -0.39 is 0 Å². The second-order valence-electron chi connectivity index (χ2n) is 5.68. The van der Waals surface area contributed by atoms with Crippen molar-refractivity contribution in [1.82, 2.24) is 15.2 Å². The molecule has 1 heterocycles. The van der Waals surface area contributed by atoms with Crippen molar-refractivity contribution in [2.24, 2.45) is 0 Å². The van der Waals surface area contributed by atoms with E-state index in [2.05, 4.69) is 34.2 Å². The molecular weight excluding hydrogens is 304 g/mol. The summed E-state index contributed by atoms with van der Waals surface area (Å²) in [7, 11) is 1.67. The van der Waals surface area contributed by atoms with Crippen molar-refractivity contribution in [3.63, 3.8) is 0 Å². The molecule has 1 aromatic carbocycles. The zero-order chi connectivity index (χ0) is 17.2. The summed E-state index contributed by atoms with van der Waals surface area (Å²) in [6, 6.07) is 8.08. The van der Waals surface area contributed by atoms with Crippen LogP contribution >= 0.6 is 0 Å². The third-order valence-corrected chi connectivity index (χ3v) is 3.76. The van der Waals surface area contributed by atoms with Crippen LogP contribution in [0.1, 0.15) is 43.9 Å². The van der Waals surface area contributed by atoms with Crippen LogP contribution in [-0.2, 0) is 12.8 Å². The highest BCUT2D eigenvalue weighted by Gasteiger charge is 2.09. The molecule has 0 amide bonds. The minimum atomic E-state index is 0.201. The fourth-order valence-electron chi connectivity index (χ4n) is 2.42. The van der Waals surface area contributed by atoms with Crippen molar-refractivity contribution in [3.8, 4) is 11.6 Å². The number of aromatic nitrogens is 3. The van der Waals surface area contributed by atoms with E-state index in [4.69, 9.17) is 15.2 Å². The largest absolute Gasteiger partial charge is 0.497 e. The Bertz CT molecular complexity index is 617. The zero-order valence-corrected chi connectivity index (χ0v) is 14.5. The Hall–Kier alpha value is -2.37. The Morgan fingerprint density at radius 1 is 1.00 bits per heavy atom. The van der Waals surface area contributed by atoms with Crippen LogP contribution < -0.4 is 15.2 Å². The second-order valence-corrected chi connectivity index (χ2v) is 5.68. The molecule has 2 rings (SSSR count). The van der Waals surface area contributed by atoms with Gasteiger partial charge in [-0.05, 0) is 43.4 Å². The maximum atomic E-state index is 5.77. The Kier molecular flexibility index (Phi) is 7.26. The monoisotopic (exact) mass is 330 g/mol. The standard InChI is InChI=1S/C18H26N4O2/c1-3-4-5-8-16-17(21-22-18(19)20-16)24-13-6-7-14-9-11-15(23-2)12-10-14/h9-12H,3-8,13H2,1-2H3,(H2,19,20,22). The van der Waals surface area contributed by atoms with Gasteiger partial charge in [-0.2, -0.15) is 0 Å². The van der Waals surface area contributed by atoms with Gasteiger partial charge in [0.25, 0.3) is 5.88 Å². The molecule has 1 aromatic heterocycles. The van der Waals surface area contributed by atoms with Crippen molar-refractivity contribution in [2.75, 3.05) is 19.5 Å². The summed E-state index contributed by atoms with van der Waals surface area (Å²) in [4.78, 5) is 4.27. The molecule has 0 aliphatic heterocycles. The smallest absolute Gasteiger partial charge is 0.255 e. The maximum Gasteiger partial charge on any atom is 0.255 e. The normalized spacial score (nSPS) is 10.6. The average molecular weight is 330 g/mol. The Morgan fingerprint density at radius 3 is 2.50 bits per heavy atom. The number of ether oxygens (including phenoxy) is 2. The van der Waals surface area contributed by atoms with Crippen LogP contribution in [0.3, 0.4) is 0 Å². The lowest BCUT2D eigenvalue weighted by Crippen LogP contribution is -2.09. The molecule has 0 saturated heterocycles. The first kappa shape index (κ1) is 18.0. The fourth-order valence-corrected chi connectivity index (χ4v) is 2.42. The third-order valence-electron chi connectivity index (χ3n) is 3.76. The number of nitrogens with two attached hydrogens (primary N) is 1. The van der Waals surface area contributed by atoms with Crippen LogP contribution in [0.2, 0.25) is 0 Å². The highest BCUT2D eigenvalue weighted by molar-refractivity contribution is 5.27. The first-order valence-electron chi connectivity index (χ1n) is 8.47. The minimum Gasteiger partial charge on any atom is -0.497 e. The van der Waals surface area contributed by atoms with Gasteiger partial charge in [0, 0.05) is 0 Å². The first-order chi connectivity index (χ1) is 11.7. The van der Waals surface area contributed by atoms with Crippen molar-refractivity contribution in [1.29, 1.82) is 0 Å². The highest BCUT2D eigenvalue weighted by Crippen LogP contribution is 2.17. The van der Waals surface area contributed by atoms with Gasteiger partial charge in [0.05, 0.1) is 13.7 Å². The lowest BCUT2D eigenvalue weighted by Gasteiger charge is -2.09. The van der Waals surface area contributed by atoms with Crippen LogP contribution in [0, 0.1) is 0 Å². The van der Waals surface area contributed by atoms with E-state index in [1.54, 1.807) is 7.11 Å². The molecule has 2 aromatic rings. The summed E-state index contributed by atoms with van der Waals surface area (Å²) in [5, 5.41) is 7.85. The molecule has 0 aliphatic carbocycles. The van der Waals surface area contributed by atoms with Crippen LogP contribution in [0.25, 0.3) is 0 Å². The molecule has 130 valence electrons. The van der Waals surface area contributed by atoms with Crippen molar-refractivity contribution in [3.05, 3.63) is 35.5 Å². The van der Waals surface area contributed by atoms with E-state index in [0.717, 1.165) is 50.0 Å². The fraction of sp³-hybridized carbons (Fsp3) is 0.500.